The van der Waals surface area contributed by atoms with Crippen LogP contribution in [0.5, 0.6) is 0 Å². The van der Waals surface area contributed by atoms with E-state index in [1.807, 2.05) is 0 Å². The minimum Gasteiger partial charge on any atom is -0.369 e. The number of benzene rings is 1. The standard InChI is InChI=1S/C14H10F4N4O2/c15-8-3-1-2-7(14(16,17)18)9(8)5-4-6-10(20-11(5)23)21-13(19)22-12(6)24/h1-3,5H,4H2,(H4,19,20,21,22,23,24). The Labute approximate surface area is 131 Å². The molecule has 0 aliphatic carbocycles. The molecule has 4 N–H and O–H groups in total. The number of amides is 1. The van der Waals surface area contributed by atoms with Gasteiger partial charge in [0.1, 0.15) is 11.6 Å². The van der Waals surface area contributed by atoms with Gasteiger partial charge in [-0.25, -0.2) is 4.39 Å². The molecule has 0 bridgehead atoms. The molecular formula is C14H10F4N4O2. The van der Waals surface area contributed by atoms with Crippen molar-refractivity contribution in [1.82, 2.24) is 9.97 Å². The van der Waals surface area contributed by atoms with Crippen molar-refractivity contribution >= 4 is 17.7 Å². The van der Waals surface area contributed by atoms with E-state index in [-0.39, 0.29) is 17.3 Å². The van der Waals surface area contributed by atoms with Gasteiger partial charge >= 0.3 is 6.18 Å². The number of hydrogen-bond donors (Lipinski definition) is 3. The quantitative estimate of drug-likeness (QED) is 0.688. The maximum atomic E-state index is 14.1. The van der Waals surface area contributed by atoms with E-state index < -0.39 is 46.9 Å². The monoisotopic (exact) mass is 342 g/mol. The van der Waals surface area contributed by atoms with Crippen molar-refractivity contribution in [2.45, 2.75) is 18.5 Å². The van der Waals surface area contributed by atoms with E-state index in [9.17, 15) is 27.2 Å². The first-order chi connectivity index (χ1) is 11.2. The molecule has 1 aliphatic heterocycles. The fraction of sp³-hybridized carbons (Fsp3) is 0.214. The molecule has 1 unspecified atom stereocenters. The van der Waals surface area contributed by atoms with Crippen LogP contribution in [0.4, 0.5) is 29.3 Å². The lowest BCUT2D eigenvalue weighted by Crippen LogP contribution is -2.35. The number of alkyl halides is 3. The predicted octanol–water partition coefficient (Wildman–Crippen LogP) is 1.79. The first-order valence-electron chi connectivity index (χ1n) is 6.73. The SMILES string of the molecule is Nc1nc2c(c(=O)[nH]1)CC(c1c(F)cccc1C(F)(F)F)C(=O)N2. The average molecular weight is 342 g/mol. The summed E-state index contributed by atoms with van der Waals surface area (Å²) in [6, 6.07) is 2.43. The maximum Gasteiger partial charge on any atom is 0.416 e. The van der Waals surface area contributed by atoms with E-state index in [0.29, 0.717) is 6.07 Å². The predicted molar refractivity (Wildman–Crippen MR) is 75.7 cm³/mol. The van der Waals surface area contributed by atoms with Crippen LogP contribution < -0.4 is 16.6 Å². The third-order valence-corrected chi connectivity index (χ3v) is 3.71. The van der Waals surface area contributed by atoms with Crippen LogP contribution in [0.1, 0.15) is 22.6 Å². The molecule has 2 aromatic rings. The molecule has 0 saturated heterocycles. The van der Waals surface area contributed by atoms with Gasteiger partial charge in [-0.3, -0.25) is 14.6 Å². The third kappa shape index (κ3) is 2.59. The van der Waals surface area contributed by atoms with Gasteiger partial charge in [0.05, 0.1) is 17.0 Å². The molecule has 1 aromatic heterocycles. The molecule has 1 amide bonds. The number of fused-ring (bicyclic) bond motifs is 1. The highest BCUT2D eigenvalue weighted by Crippen LogP contribution is 2.39. The summed E-state index contributed by atoms with van der Waals surface area (Å²) in [6.07, 6.45) is -5.27. The van der Waals surface area contributed by atoms with Gasteiger partial charge in [0.25, 0.3) is 5.56 Å². The molecule has 1 aliphatic rings. The third-order valence-electron chi connectivity index (χ3n) is 3.71. The van der Waals surface area contributed by atoms with Crippen LogP contribution >= 0.6 is 0 Å². The van der Waals surface area contributed by atoms with Gasteiger partial charge in [-0.1, -0.05) is 6.07 Å². The Kier molecular flexibility index (Phi) is 3.54. The van der Waals surface area contributed by atoms with E-state index in [0.717, 1.165) is 12.1 Å². The minimum atomic E-state index is -4.84. The number of hydrogen-bond acceptors (Lipinski definition) is 4. The highest BCUT2D eigenvalue weighted by atomic mass is 19.4. The zero-order valence-corrected chi connectivity index (χ0v) is 11.9. The molecule has 1 atom stereocenters. The fourth-order valence-corrected chi connectivity index (χ4v) is 2.68. The molecule has 24 heavy (non-hydrogen) atoms. The van der Waals surface area contributed by atoms with Crippen molar-refractivity contribution in [3.63, 3.8) is 0 Å². The van der Waals surface area contributed by atoms with Gasteiger partial charge < -0.3 is 11.1 Å². The van der Waals surface area contributed by atoms with Gasteiger partial charge in [0, 0.05) is 5.56 Å². The zero-order chi connectivity index (χ0) is 17.6. The van der Waals surface area contributed by atoms with Crippen molar-refractivity contribution in [3.8, 4) is 0 Å². The van der Waals surface area contributed by atoms with Crippen LogP contribution in [-0.2, 0) is 17.4 Å². The van der Waals surface area contributed by atoms with E-state index in [4.69, 9.17) is 5.73 Å². The Morgan fingerprint density at radius 2 is 1.96 bits per heavy atom. The number of aromatic amines is 1. The van der Waals surface area contributed by atoms with E-state index >= 15 is 0 Å². The maximum absolute atomic E-state index is 14.1. The molecule has 1 aromatic carbocycles. The molecular weight excluding hydrogens is 332 g/mol. The van der Waals surface area contributed by atoms with E-state index in [2.05, 4.69) is 15.3 Å². The van der Waals surface area contributed by atoms with Crippen LogP contribution in [0.3, 0.4) is 0 Å². The first kappa shape index (κ1) is 16.0. The fourth-order valence-electron chi connectivity index (χ4n) is 2.68. The van der Waals surface area contributed by atoms with E-state index in [1.165, 1.54) is 0 Å². The smallest absolute Gasteiger partial charge is 0.369 e. The summed E-state index contributed by atoms with van der Waals surface area (Å²) in [5.74, 6) is -3.97. The Morgan fingerprint density at radius 3 is 2.62 bits per heavy atom. The van der Waals surface area contributed by atoms with Crippen molar-refractivity contribution in [2.75, 3.05) is 11.1 Å². The highest BCUT2D eigenvalue weighted by Gasteiger charge is 2.41. The largest absolute Gasteiger partial charge is 0.416 e. The number of nitrogens with zero attached hydrogens (tertiary/aromatic N) is 1. The van der Waals surface area contributed by atoms with Gasteiger partial charge in [-0.15, -0.1) is 0 Å². The number of aromatic nitrogens is 2. The average Bonchev–Trinajstić information content (AvgIpc) is 2.45. The van der Waals surface area contributed by atoms with E-state index in [1.54, 1.807) is 0 Å². The van der Waals surface area contributed by atoms with Crippen LogP contribution in [0.25, 0.3) is 0 Å². The van der Waals surface area contributed by atoms with Gasteiger partial charge in [0.15, 0.2) is 0 Å². The highest BCUT2D eigenvalue weighted by molar-refractivity contribution is 5.98. The molecule has 2 heterocycles. The number of anilines is 2. The molecule has 10 heteroatoms. The lowest BCUT2D eigenvalue weighted by atomic mass is 9.85. The second-order valence-electron chi connectivity index (χ2n) is 5.22. The van der Waals surface area contributed by atoms with Crippen LogP contribution in [0.15, 0.2) is 23.0 Å². The van der Waals surface area contributed by atoms with Crippen molar-refractivity contribution in [3.05, 3.63) is 51.1 Å². The zero-order valence-electron chi connectivity index (χ0n) is 11.9. The van der Waals surface area contributed by atoms with Crippen molar-refractivity contribution in [2.24, 2.45) is 0 Å². The van der Waals surface area contributed by atoms with Crippen LogP contribution in [0.2, 0.25) is 0 Å². The number of nitrogens with two attached hydrogens (primary N) is 1. The number of carbonyl (C=O) groups excluding carboxylic acids is 1. The molecule has 126 valence electrons. The molecule has 0 fully saturated rings. The summed E-state index contributed by atoms with van der Waals surface area (Å²) in [7, 11) is 0. The Balaban J connectivity index is 2.15. The Morgan fingerprint density at radius 1 is 1.25 bits per heavy atom. The summed E-state index contributed by atoms with van der Waals surface area (Å²) < 4.78 is 53.5. The Bertz CT molecular complexity index is 891. The topological polar surface area (TPSA) is 101 Å². The summed E-state index contributed by atoms with van der Waals surface area (Å²) in [6.45, 7) is 0. The van der Waals surface area contributed by atoms with Crippen LogP contribution in [-0.4, -0.2) is 15.9 Å². The van der Waals surface area contributed by atoms with Crippen LogP contribution in [0, 0.1) is 5.82 Å². The normalized spacial score (nSPS) is 17.3. The number of nitrogens with one attached hydrogen (secondary N) is 2. The number of rotatable bonds is 1. The lowest BCUT2D eigenvalue weighted by molar-refractivity contribution is -0.138. The molecule has 0 saturated carbocycles. The summed E-state index contributed by atoms with van der Waals surface area (Å²) in [4.78, 5) is 30.0. The van der Waals surface area contributed by atoms with Crippen molar-refractivity contribution < 1.29 is 22.4 Å². The summed E-state index contributed by atoms with van der Waals surface area (Å²) in [5, 5.41) is 2.21. The number of H-pyrrole nitrogens is 1. The van der Waals surface area contributed by atoms with Gasteiger partial charge in [0.2, 0.25) is 11.9 Å². The second-order valence-corrected chi connectivity index (χ2v) is 5.22. The molecule has 0 spiro atoms. The van der Waals surface area contributed by atoms with Gasteiger partial charge in [-0.05, 0) is 18.6 Å². The number of halogens is 4. The second kappa shape index (κ2) is 5.32. The molecule has 3 rings (SSSR count). The Hall–Kier alpha value is -2.91. The minimum absolute atomic E-state index is 0.0647. The number of carbonyl (C=O) groups is 1. The summed E-state index contributed by atoms with van der Waals surface area (Å²) in [5.41, 5.74) is 2.53. The van der Waals surface area contributed by atoms with Crippen molar-refractivity contribution in [1.29, 1.82) is 0 Å². The lowest BCUT2D eigenvalue weighted by Gasteiger charge is -2.26. The number of nitrogen functional groups attached to an aromatic ring is 1. The first-order valence-corrected chi connectivity index (χ1v) is 6.73. The summed E-state index contributed by atoms with van der Waals surface area (Å²) >= 11 is 0. The van der Waals surface area contributed by atoms with Gasteiger partial charge in [-0.2, -0.15) is 18.2 Å². The molecule has 6 nitrogen and oxygen atoms in total. The molecule has 0 radical (unpaired) electrons.